The number of aryl methyl sites for hydroxylation is 3. The normalized spacial score (nSPS) is 10.5. The lowest BCUT2D eigenvalue weighted by Crippen LogP contribution is -2.29. The minimum absolute atomic E-state index is 0.215. The van der Waals surface area contributed by atoms with Crippen LogP contribution in [0.4, 0.5) is 11.4 Å². The zero-order chi connectivity index (χ0) is 18.6. The molecule has 0 fully saturated rings. The highest BCUT2D eigenvalue weighted by molar-refractivity contribution is 5.92. The molecule has 2 rings (SSSR count). The van der Waals surface area contributed by atoms with E-state index in [0.29, 0.717) is 0 Å². The maximum Gasteiger partial charge on any atom is 0.286 e. The summed E-state index contributed by atoms with van der Waals surface area (Å²) in [6.45, 7) is 5.21. The van der Waals surface area contributed by atoms with Gasteiger partial charge in [0.2, 0.25) is 5.91 Å². The first-order valence-electron chi connectivity index (χ1n) is 8.13. The first-order valence-corrected chi connectivity index (χ1v) is 8.13. The number of hydrogen-bond donors (Lipinski definition) is 1. The number of carbonyl (C=O) groups is 1. The number of benzene rings is 1. The second-order valence-electron chi connectivity index (χ2n) is 5.78. The Morgan fingerprint density at radius 3 is 2.36 bits per heavy atom. The molecule has 1 aromatic carbocycles. The van der Waals surface area contributed by atoms with Crippen LogP contribution in [0, 0.1) is 17.0 Å². The fourth-order valence-corrected chi connectivity index (χ4v) is 2.72. The molecule has 2 aromatic rings. The number of rotatable bonds is 6. The first kappa shape index (κ1) is 18.4. The Bertz CT molecular complexity index is 849. The highest BCUT2D eigenvalue weighted by Crippen LogP contribution is 2.22. The van der Waals surface area contributed by atoms with Gasteiger partial charge in [-0.1, -0.05) is 32.0 Å². The average Bonchev–Trinajstić information content (AvgIpc) is 2.58. The maximum absolute atomic E-state index is 12.4. The zero-order valence-corrected chi connectivity index (χ0v) is 14.5. The van der Waals surface area contributed by atoms with Gasteiger partial charge < -0.3 is 5.32 Å². The number of hydrogen-bond acceptors (Lipinski definition) is 4. The van der Waals surface area contributed by atoms with Crippen LogP contribution in [-0.4, -0.2) is 15.4 Å². The molecule has 7 heteroatoms. The lowest BCUT2D eigenvalue weighted by molar-refractivity contribution is -0.385. The standard InChI is InChI=1S/C18H21N3O4/c1-4-13-7-6-8-14(5-2)17(13)19-16(22)11-20-10-15(21(24)25)9-12(3)18(20)23/h6-10H,4-5,11H2,1-3H3,(H,19,22). The van der Waals surface area contributed by atoms with Crippen molar-refractivity contribution in [1.29, 1.82) is 0 Å². The summed E-state index contributed by atoms with van der Waals surface area (Å²) in [7, 11) is 0. The minimum atomic E-state index is -0.581. The van der Waals surface area contributed by atoms with Crippen molar-refractivity contribution in [3.05, 3.63) is 67.6 Å². The van der Waals surface area contributed by atoms with Crippen molar-refractivity contribution in [2.75, 3.05) is 5.32 Å². The van der Waals surface area contributed by atoms with Crippen molar-refractivity contribution in [3.8, 4) is 0 Å². The topological polar surface area (TPSA) is 94.2 Å². The van der Waals surface area contributed by atoms with Gasteiger partial charge in [0.05, 0.1) is 11.1 Å². The summed E-state index contributed by atoms with van der Waals surface area (Å²) < 4.78 is 1.07. The molecule has 1 amide bonds. The van der Waals surface area contributed by atoms with Crippen LogP contribution in [0.5, 0.6) is 0 Å². The number of nitrogens with zero attached hydrogens (tertiary/aromatic N) is 2. The third-order valence-corrected chi connectivity index (χ3v) is 4.04. The van der Waals surface area contributed by atoms with Gasteiger partial charge in [0.25, 0.3) is 11.2 Å². The van der Waals surface area contributed by atoms with Gasteiger partial charge in [-0.25, -0.2) is 0 Å². The SMILES string of the molecule is CCc1cccc(CC)c1NC(=O)Cn1cc([N+](=O)[O-])cc(C)c1=O. The van der Waals surface area contributed by atoms with Crippen LogP contribution in [0.15, 0.2) is 35.3 Å². The van der Waals surface area contributed by atoms with Gasteiger partial charge >= 0.3 is 0 Å². The smallest absolute Gasteiger partial charge is 0.286 e. The molecule has 0 aliphatic rings. The fraction of sp³-hybridized carbons (Fsp3) is 0.333. The van der Waals surface area contributed by atoms with Gasteiger partial charge in [-0.05, 0) is 30.9 Å². The Morgan fingerprint density at radius 2 is 1.84 bits per heavy atom. The van der Waals surface area contributed by atoms with Crippen LogP contribution in [0.3, 0.4) is 0 Å². The highest BCUT2D eigenvalue weighted by Gasteiger charge is 2.15. The molecule has 1 N–H and O–H groups in total. The molecule has 132 valence electrons. The number of carbonyl (C=O) groups excluding carboxylic acids is 1. The lowest BCUT2D eigenvalue weighted by Gasteiger charge is -2.15. The summed E-state index contributed by atoms with van der Waals surface area (Å²) in [6, 6.07) is 7.04. The monoisotopic (exact) mass is 343 g/mol. The summed E-state index contributed by atoms with van der Waals surface area (Å²) >= 11 is 0. The number of nitro groups is 1. The molecule has 0 aliphatic heterocycles. The summed E-state index contributed by atoms with van der Waals surface area (Å²) in [4.78, 5) is 34.9. The fourth-order valence-electron chi connectivity index (χ4n) is 2.72. The molecular formula is C18H21N3O4. The van der Waals surface area contributed by atoms with Crippen LogP contribution in [0.1, 0.15) is 30.5 Å². The molecule has 0 unspecified atom stereocenters. The van der Waals surface area contributed by atoms with Crippen molar-refractivity contribution >= 4 is 17.3 Å². The number of aromatic nitrogens is 1. The Hall–Kier alpha value is -2.96. The predicted molar refractivity (Wildman–Crippen MR) is 95.9 cm³/mol. The molecule has 1 heterocycles. The van der Waals surface area contributed by atoms with E-state index in [0.717, 1.165) is 40.4 Å². The number of amides is 1. The molecular weight excluding hydrogens is 322 g/mol. The van der Waals surface area contributed by atoms with Gasteiger partial charge in [-0.15, -0.1) is 0 Å². The van der Waals surface area contributed by atoms with Gasteiger partial charge in [0.15, 0.2) is 0 Å². The van der Waals surface area contributed by atoms with Crippen molar-refractivity contribution < 1.29 is 9.72 Å². The van der Waals surface area contributed by atoms with E-state index in [9.17, 15) is 19.7 Å². The van der Waals surface area contributed by atoms with E-state index in [4.69, 9.17) is 0 Å². The quantitative estimate of drug-likeness (QED) is 0.644. The summed E-state index contributed by atoms with van der Waals surface area (Å²) in [6.07, 6.45) is 2.63. The molecule has 0 bridgehead atoms. The van der Waals surface area contributed by atoms with E-state index < -0.39 is 16.4 Å². The number of anilines is 1. The second kappa shape index (κ2) is 7.74. The zero-order valence-electron chi connectivity index (χ0n) is 14.5. The van der Waals surface area contributed by atoms with Crippen molar-refractivity contribution in [2.24, 2.45) is 0 Å². The van der Waals surface area contributed by atoms with Gasteiger partial charge in [-0.2, -0.15) is 0 Å². The molecule has 0 atom stereocenters. The molecule has 0 radical (unpaired) electrons. The number of para-hydroxylation sites is 1. The van der Waals surface area contributed by atoms with Crippen LogP contribution in [0.2, 0.25) is 0 Å². The van der Waals surface area contributed by atoms with E-state index in [1.54, 1.807) is 0 Å². The van der Waals surface area contributed by atoms with Crippen LogP contribution < -0.4 is 10.9 Å². The summed E-state index contributed by atoms with van der Waals surface area (Å²) in [5, 5.41) is 13.8. The van der Waals surface area contributed by atoms with E-state index in [1.807, 2.05) is 32.0 Å². The third-order valence-electron chi connectivity index (χ3n) is 4.04. The van der Waals surface area contributed by atoms with E-state index >= 15 is 0 Å². The molecule has 0 aliphatic carbocycles. The van der Waals surface area contributed by atoms with E-state index in [1.165, 1.54) is 13.0 Å². The van der Waals surface area contributed by atoms with Crippen LogP contribution >= 0.6 is 0 Å². The van der Waals surface area contributed by atoms with Crippen molar-refractivity contribution in [3.63, 3.8) is 0 Å². The van der Waals surface area contributed by atoms with Crippen LogP contribution in [0.25, 0.3) is 0 Å². The van der Waals surface area contributed by atoms with E-state index in [2.05, 4.69) is 5.32 Å². The second-order valence-corrected chi connectivity index (χ2v) is 5.78. The van der Waals surface area contributed by atoms with Crippen molar-refractivity contribution in [1.82, 2.24) is 4.57 Å². The Morgan fingerprint density at radius 1 is 1.24 bits per heavy atom. The molecule has 0 saturated carbocycles. The molecule has 25 heavy (non-hydrogen) atoms. The first-order chi connectivity index (χ1) is 11.9. The number of pyridine rings is 1. The Balaban J connectivity index is 2.30. The molecule has 7 nitrogen and oxygen atoms in total. The molecule has 1 aromatic heterocycles. The van der Waals surface area contributed by atoms with Crippen molar-refractivity contribution in [2.45, 2.75) is 40.2 Å². The van der Waals surface area contributed by atoms with Gasteiger partial charge in [0.1, 0.15) is 6.54 Å². The maximum atomic E-state index is 12.4. The van der Waals surface area contributed by atoms with Crippen LogP contribution in [-0.2, 0) is 24.2 Å². The Kier molecular flexibility index (Phi) is 5.69. The molecule has 0 saturated heterocycles. The third kappa shape index (κ3) is 4.12. The Labute approximate surface area is 145 Å². The van der Waals surface area contributed by atoms with E-state index in [-0.39, 0.29) is 17.8 Å². The average molecular weight is 343 g/mol. The molecule has 0 spiro atoms. The minimum Gasteiger partial charge on any atom is -0.324 e. The summed E-state index contributed by atoms with van der Waals surface area (Å²) in [5.74, 6) is -0.391. The lowest BCUT2D eigenvalue weighted by atomic mass is 10.0. The highest BCUT2D eigenvalue weighted by atomic mass is 16.6. The number of nitrogens with one attached hydrogen (secondary N) is 1. The van der Waals surface area contributed by atoms with Gasteiger partial charge in [0, 0.05) is 17.3 Å². The largest absolute Gasteiger partial charge is 0.324 e. The summed E-state index contributed by atoms with van der Waals surface area (Å²) in [5.41, 5.74) is 2.37. The van der Waals surface area contributed by atoms with Gasteiger partial charge in [-0.3, -0.25) is 24.3 Å². The predicted octanol–water partition coefficient (Wildman–Crippen LogP) is 2.83.